The smallest absolute Gasteiger partial charge is 0.329 e. The molecule has 1 fully saturated rings. The second-order valence-electron chi connectivity index (χ2n) is 8.81. The number of H-pyrrole nitrogens is 1. The zero-order chi connectivity index (χ0) is 23.2. The maximum Gasteiger partial charge on any atom is 0.329 e. The number of benzene rings is 1. The number of aliphatic carboxylic acids is 1. The predicted molar refractivity (Wildman–Crippen MR) is 126 cm³/mol. The fourth-order valence-corrected chi connectivity index (χ4v) is 4.70. The van der Waals surface area contributed by atoms with Gasteiger partial charge in [-0.15, -0.1) is 0 Å². The molecule has 0 aliphatic heterocycles. The van der Waals surface area contributed by atoms with Crippen LogP contribution < -0.4 is 5.56 Å². The second-order valence-corrected chi connectivity index (χ2v) is 8.81. The van der Waals surface area contributed by atoms with Crippen LogP contribution in [0.15, 0.2) is 53.5 Å². The van der Waals surface area contributed by atoms with Crippen molar-refractivity contribution in [1.82, 2.24) is 15.2 Å². The van der Waals surface area contributed by atoms with Crippen LogP contribution in [-0.2, 0) is 16.0 Å². The average molecular weight is 448 g/mol. The largest absolute Gasteiger partial charge is 0.480 e. The first-order valence-electron chi connectivity index (χ1n) is 11.4. The molecule has 1 aliphatic rings. The minimum atomic E-state index is -0.936. The van der Waals surface area contributed by atoms with E-state index in [-0.39, 0.29) is 12.2 Å². The monoisotopic (exact) mass is 447 g/mol. The molecule has 7 nitrogen and oxygen atoms in total. The van der Waals surface area contributed by atoms with E-state index in [1.807, 2.05) is 49.4 Å². The number of nitrogens with one attached hydrogen (secondary N) is 1. The summed E-state index contributed by atoms with van der Waals surface area (Å²) < 4.78 is 5.29. The number of rotatable bonds is 8. The van der Waals surface area contributed by atoms with Gasteiger partial charge in [0.15, 0.2) is 0 Å². The van der Waals surface area contributed by atoms with Crippen molar-refractivity contribution in [3.05, 3.63) is 70.3 Å². The molecule has 1 saturated carbocycles. The van der Waals surface area contributed by atoms with Crippen LogP contribution in [0.25, 0.3) is 22.4 Å². The van der Waals surface area contributed by atoms with Gasteiger partial charge in [-0.3, -0.25) is 9.78 Å². The predicted octanol–water partition coefficient (Wildman–Crippen LogP) is 4.26. The third kappa shape index (κ3) is 5.73. The van der Waals surface area contributed by atoms with E-state index in [1.54, 1.807) is 6.20 Å². The number of carbonyl (C=O) groups is 1. The maximum absolute atomic E-state index is 13.0. The van der Waals surface area contributed by atoms with Gasteiger partial charge in [0.05, 0.1) is 12.3 Å². The Kier molecular flexibility index (Phi) is 7.29. The van der Waals surface area contributed by atoms with Crippen molar-refractivity contribution in [1.29, 1.82) is 0 Å². The fraction of sp³-hybridized carbons (Fsp3) is 0.385. The van der Waals surface area contributed by atoms with Gasteiger partial charge in [0.25, 0.3) is 5.56 Å². The molecule has 7 heteroatoms. The summed E-state index contributed by atoms with van der Waals surface area (Å²) in [7, 11) is 0. The third-order valence-electron chi connectivity index (χ3n) is 6.35. The first-order valence-corrected chi connectivity index (χ1v) is 11.4. The Labute approximate surface area is 192 Å². The normalized spacial score (nSPS) is 18.2. The van der Waals surface area contributed by atoms with Crippen molar-refractivity contribution >= 4 is 5.97 Å². The fourth-order valence-electron chi connectivity index (χ4n) is 4.70. The van der Waals surface area contributed by atoms with Gasteiger partial charge >= 0.3 is 5.97 Å². The highest BCUT2D eigenvalue weighted by atomic mass is 16.5. The van der Waals surface area contributed by atoms with Crippen LogP contribution in [-0.4, -0.2) is 39.5 Å². The highest BCUT2D eigenvalue weighted by molar-refractivity contribution is 5.82. The molecule has 1 aliphatic carbocycles. The first kappa shape index (κ1) is 22.9. The first-order chi connectivity index (χ1) is 16.0. The van der Waals surface area contributed by atoms with Crippen LogP contribution >= 0.6 is 0 Å². The van der Waals surface area contributed by atoms with Crippen molar-refractivity contribution in [2.45, 2.75) is 39.0 Å². The molecular weight excluding hydrogens is 418 g/mol. The molecule has 2 aromatic heterocycles. The zero-order valence-corrected chi connectivity index (χ0v) is 18.8. The number of hydrogen-bond donors (Lipinski definition) is 2. The number of pyridine rings is 1. The van der Waals surface area contributed by atoms with Gasteiger partial charge in [-0.2, -0.15) is 5.10 Å². The average Bonchev–Trinajstić information content (AvgIpc) is 2.81. The number of aromatic amines is 1. The molecule has 33 heavy (non-hydrogen) atoms. The van der Waals surface area contributed by atoms with E-state index >= 15 is 0 Å². The lowest BCUT2D eigenvalue weighted by Crippen LogP contribution is -2.25. The molecule has 0 spiro atoms. The Morgan fingerprint density at radius 1 is 1.09 bits per heavy atom. The van der Waals surface area contributed by atoms with Gasteiger partial charge in [0.2, 0.25) is 0 Å². The molecule has 2 heterocycles. The Morgan fingerprint density at radius 3 is 2.52 bits per heavy atom. The summed E-state index contributed by atoms with van der Waals surface area (Å²) >= 11 is 0. The second kappa shape index (κ2) is 10.5. The van der Waals surface area contributed by atoms with Crippen molar-refractivity contribution < 1.29 is 14.6 Å². The Bertz CT molecular complexity index is 1150. The summed E-state index contributed by atoms with van der Waals surface area (Å²) in [6, 6.07) is 13.9. The SMILES string of the molecule is Cc1cc(-c2c(-c3ccccc3)n[nH]c(=O)c2CC2CCC(COCC(=O)O)CC2)ccn1. The van der Waals surface area contributed by atoms with Crippen LogP contribution in [0.1, 0.15) is 36.9 Å². The molecule has 2 N–H and O–H groups in total. The van der Waals surface area contributed by atoms with Crippen molar-refractivity contribution in [3.8, 4) is 22.4 Å². The van der Waals surface area contributed by atoms with E-state index in [0.29, 0.717) is 24.9 Å². The Hall–Kier alpha value is -3.32. The quantitative estimate of drug-likeness (QED) is 0.535. The molecule has 3 aromatic rings. The van der Waals surface area contributed by atoms with Crippen LogP contribution in [0.5, 0.6) is 0 Å². The van der Waals surface area contributed by atoms with Crippen molar-refractivity contribution in [3.63, 3.8) is 0 Å². The number of aryl methyl sites for hydroxylation is 1. The van der Waals surface area contributed by atoms with Crippen molar-refractivity contribution in [2.75, 3.05) is 13.2 Å². The van der Waals surface area contributed by atoms with Gasteiger partial charge in [-0.1, -0.05) is 30.3 Å². The lowest BCUT2D eigenvalue weighted by Gasteiger charge is -2.28. The number of nitrogens with zero attached hydrogens (tertiary/aromatic N) is 2. The minimum Gasteiger partial charge on any atom is -0.480 e. The number of hydrogen-bond acceptors (Lipinski definition) is 5. The standard InChI is InChI=1S/C26H29N3O4/c1-17-13-21(11-12-27-17)24-22(26(32)29-28-25(24)20-5-3-2-4-6-20)14-18-7-9-19(10-8-18)15-33-16-23(30)31/h2-6,11-13,18-19H,7-10,14-16H2,1H3,(H,29,32)(H,30,31). The summed E-state index contributed by atoms with van der Waals surface area (Å²) in [6.45, 7) is 2.18. The maximum atomic E-state index is 13.0. The highest BCUT2D eigenvalue weighted by Crippen LogP contribution is 2.36. The van der Waals surface area contributed by atoms with Gasteiger partial charge < -0.3 is 9.84 Å². The van der Waals surface area contributed by atoms with E-state index in [2.05, 4.69) is 15.2 Å². The van der Waals surface area contributed by atoms with Crippen LogP contribution in [0.4, 0.5) is 0 Å². The van der Waals surface area contributed by atoms with Crippen LogP contribution in [0, 0.1) is 18.8 Å². The number of aromatic nitrogens is 3. The van der Waals surface area contributed by atoms with E-state index in [4.69, 9.17) is 9.84 Å². The molecule has 0 unspecified atom stereocenters. The van der Waals surface area contributed by atoms with E-state index in [9.17, 15) is 9.59 Å². The molecular formula is C26H29N3O4. The van der Waals surface area contributed by atoms with Crippen molar-refractivity contribution in [2.24, 2.45) is 11.8 Å². The molecule has 0 bridgehead atoms. The number of carboxylic acid groups (broad SMARTS) is 1. The van der Waals surface area contributed by atoms with Gasteiger partial charge in [-0.25, -0.2) is 9.89 Å². The summed E-state index contributed by atoms with van der Waals surface area (Å²) in [5.74, 6) is -0.179. The zero-order valence-electron chi connectivity index (χ0n) is 18.8. The van der Waals surface area contributed by atoms with Gasteiger partial charge in [0, 0.05) is 28.6 Å². The molecule has 172 valence electrons. The molecule has 4 rings (SSSR count). The summed E-state index contributed by atoms with van der Waals surface area (Å²) in [5, 5.41) is 15.9. The molecule has 0 saturated heterocycles. The van der Waals surface area contributed by atoms with E-state index in [1.165, 1.54) is 0 Å². The minimum absolute atomic E-state index is 0.147. The molecule has 1 aromatic carbocycles. The molecule has 0 radical (unpaired) electrons. The third-order valence-corrected chi connectivity index (χ3v) is 6.35. The highest BCUT2D eigenvalue weighted by Gasteiger charge is 2.25. The topological polar surface area (TPSA) is 105 Å². The summed E-state index contributed by atoms with van der Waals surface area (Å²) in [4.78, 5) is 28.0. The van der Waals surface area contributed by atoms with Gasteiger partial charge in [0.1, 0.15) is 6.61 Å². The number of ether oxygens (including phenoxy) is 1. The number of carboxylic acids is 1. The Morgan fingerprint density at radius 2 is 1.82 bits per heavy atom. The van der Waals surface area contributed by atoms with Crippen LogP contribution in [0.2, 0.25) is 0 Å². The summed E-state index contributed by atoms with van der Waals surface area (Å²) in [5.41, 5.74) is 5.06. The lowest BCUT2D eigenvalue weighted by molar-refractivity contribution is -0.142. The summed E-state index contributed by atoms with van der Waals surface area (Å²) in [6.07, 6.45) is 6.37. The Balaban J connectivity index is 1.61. The van der Waals surface area contributed by atoms with Crippen LogP contribution in [0.3, 0.4) is 0 Å². The van der Waals surface area contributed by atoms with E-state index in [0.717, 1.165) is 59.3 Å². The van der Waals surface area contributed by atoms with E-state index < -0.39 is 5.97 Å². The lowest BCUT2D eigenvalue weighted by atomic mass is 9.78. The van der Waals surface area contributed by atoms with Gasteiger partial charge in [-0.05, 0) is 68.6 Å². The molecule has 0 amide bonds. The molecule has 0 atom stereocenters.